The lowest BCUT2D eigenvalue weighted by Gasteiger charge is -2.45. The minimum atomic E-state index is -0.144. The van der Waals surface area contributed by atoms with Gasteiger partial charge in [0.25, 0.3) is 0 Å². The van der Waals surface area contributed by atoms with E-state index in [4.69, 9.17) is 5.10 Å². The molecule has 0 bridgehead atoms. The van der Waals surface area contributed by atoms with Gasteiger partial charge in [0.05, 0.1) is 23.7 Å². The van der Waals surface area contributed by atoms with E-state index in [1.165, 1.54) is 11.3 Å². The standard InChI is InChI=1S/C19H23N5/c1-12-7-13(9-20)8-19(2)16(12)6-5-15-17(24(4)22-18(15)19)14-10-21-23(3)11-14/h8,10-12,16H,5-7H2,1-4H3. The molecule has 2 heterocycles. The van der Waals surface area contributed by atoms with Crippen molar-refractivity contribution in [2.24, 2.45) is 25.9 Å². The van der Waals surface area contributed by atoms with Crippen LogP contribution < -0.4 is 0 Å². The lowest BCUT2D eigenvalue weighted by Crippen LogP contribution is -2.42. The summed E-state index contributed by atoms with van der Waals surface area (Å²) in [5, 5.41) is 18.7. The highest BCUT2D eigenvalue weighted by Gasteiger charge is 2.47. The number of hydrogen-bond donors (Lipinski definition) is 0. The van der Waals surface area contributed by atoms with Gasteiger partial charge in [-0.3, -0.25) is 9.36 Å². The normalized spacial score (nSPS) is 28.7. The molecule has 0 saturated carbocycles. The summed E-state index contributed by atoms with van der Waals surface area (Å²) in [6.07, 6.45) is 9.24. The number of allylic oxidation sites excluding steroid dienone is 2. The molecule has 0 radical (unpaired) electrons. The average Bonchev–Trinajstić information content (AvgIpc) is 3.09. The van der Waals surface area contributed by atoms with Gasteiger partial charge in [-0.05, 0) is 31.1 Å². The fourth-order valence-electron chi connectivity index (χ4n) is 4.96. The number of fused-ring (bicyclic) bond motifs is 3. The third-order valence-electron chi connectivity index (χ3n) is 5.96. The second-order valence-electron chi connectivity index (χ2n) is 7.59. The molecule has 2 aromatic heterocycles. The fourth-order valence-corrected chi connectivity index (χ4v) is 4.96. The average molecular weight is 321 g/mol. The summed E-state index contributed by atoms with van der Waals surface area (Å²) in [6, 6.07) is 2.39. The Bertz CT molecular complexity index is 878. The molecule has 3 atom stereocenters. The number of rotatable bonds is 1. The van der Waals surface area contributed by atoms with E-state index in [9.17, 15) is 5.26 Å². The lowest BCUT2D eigenvalue weighted by molar-refractivity contribution is 0.201. The van der Waals surface area contributed by atoms with Crippen molar-refractivity contribution in [3.05, 3.63) is 35.3 Å². The van der Waals surface area contributed by atoms with Crippen LogP contribution in [0.1, 0.15) is 37.9 Å². The molecule has 24 heavy (non-hydrogen) atoms. The summed E-state index contributed by atoms with van der Waals surface area (Å²) < 4.78 is 3.83. The van der Waals surface area contributed by atoms with Crippen LogP contribution in [0.5, 0.6) is 0 Å². The van der Waals surface area contributed by atoms with E-state index >= 15 is 0 Å². The molecule has 0 aliphatic heterocycles. The van der Waals surface area contributed by atoms with Crippen molar-refractivity contribution in [3.63, 3.8) is 0 Å². The zero-order chi connectivity index (χ0) is 17.1. The molecule has 124 valence electrons. The smallest absolute Gasteiger partial charge is 0.0944 e. The molecule has 2 aliphatic carbocycles. The van der Waals surface area contributed by atoms with E-state index in [1.807, 2.05) is 35.9 Å². The summed E-state index contributed by atoms with van der Waals surface area (Å²) in [6.45, 7) is 4.55. The molecule has 4 rings (SSSR count). The predicted molar refractivity (Wildman–Crippen MR) is 92.1 cm³/mol. The van der Waals surface area contributed by atoms with E-state index in [2.05, 4.69) is 31.1 Å². The summed E-state index contributed by atoms with van der Waals surface area (Å²) in [4.78, 5) is 0. The van der Waals surface area contributed by atoms with Crippen molar-refractivity contribution in [1.82, 2.24) is 19.6 Å². The van der Waals surface area contributed by atoms with Crippen molar-refractivity contribution >= 4 is 0 Å². The number of nitriles is 1. The highest BCUT2D eigenvalue weighted by molar-refractivity contribution is 5.65. The molecule has 3 unspecified atom stereocenters. The maximum Gasteiger partial charge on any atom is 0.0944 e. The largest absolute Gasteiger partial charge is 0.275 e. The van der Waals surface area contributed by atoms with Crippen LogP contribution in [0.3, 0.4) is 0 Å². The van der Waals surface area contributed by atoms with Crippen LogP contribution in [0.25, 0.3) is 11.3 Å². The Morgan fingerprint density at radius 1 is 1.38 bits per heavy atom. The number of hydrogen-bond acceptors (Lipinski definition) is 3. The first-order chi connectivity index (χ1) is 11.4. The van der Waals surface area contributed by atoms with Crippen molar-refractivity contribution < 1.29 is 0 Å². The van der Waals surface area contributed by atoms with E-state index in [-0.39, 0.29) is 5.41 Å². The Balaban J connectivity index is 1.92. The molecular weight excluding hydrogens is 298 g/mol. The number of aromatic nitrogens is 4. The van der Waals surface area contributed by atoms with Crippen molar-refractivity contribution in [1.29, 1.82) is 5.26 Å². The summed E-state index contributed by atoms with van der Waals surface area (Å²) in [5.74, 6) is 1.07. The van der Waals surface area contributed by atoms with Crippen LogP contribution in [0, 0.1) is 23.2 Å². The van der Waals surface area contributed by atoms with Crippen LogP contribution >= 0.6 is 0 Å². The maximum atomic E-state index is 9.45. The molecule has 0 aromatic carbocycles. The molecule has 0 amide bonds. The number of aryl methyl sites for hydroxylation is 2. The van der Waals surface area contributed by atoms with Gasteiger partial charge in [0.1, 0.15) is 0 Å². The van der Waals surface area contributed by atoms with E-state index in [0.717, 1.165) is 36.1 Å². The van der Waals surface area contributed by atoms with Crippen molar-refractivity contribution in [2.75, 3.05) is 0 Å². The SMILES string of the molecule is CC1CC(C#N)=CC2(C)c3nn(C)c(-c4cnn(C)c4)c3CCC12. The third kappa shape index (κ3) is 1.99. The van der Waals surface area contributed by atoms with E-state index in [1.54, 1.807) is 0 Å². The van der Waals surface area contributed by atoms with Crippen molar-refractivity contribution in [2.45, 2.75) is 38.5 Å². The molecule has 2 aliphatic rings. The van der Waals surface area contributed by atoms with E-state index in [0.29, 0.717) is 11.8 Å². The fraction of sp³-hybridized carbons (Fsp3) is 0.526. The van der Waals surface area contributed by atoms with Crippen LogP contribution in [-0.4, -0.2) is 19.6 Å². The second-order valence-corrected chi connectivity index (χ2v) is 7.59. The Morgan fingerprint density at radius 2 is 2.17 bits per heavy atom. The molecule has 0 fully saturated rings. The van der Waals surface area contributed by atoms with Gasteiger partial charge in [-0.25, -0.2) is 0 Å². The van der Waals surface area contributed by atoms with Crippen LogP contribution in [-0.2, 0) is 25.9 Å². The topological polar surface area (TPSA) is 59.4 Å². The maximum absolute atomic E-state index is 9.45. The van der Waals surface area contributed by atoms with Gasteiger partial charge in [-0.2, -0.15) is 15.5 Å². The van der Waals surface area contributed by atoms with Crippen LogP contribution in [0.2, 0.25) is 0 Å². The summed E-state index contributed by atoms with van der Waals surface area (Å²) in [5.41, 5.74) is 5.52. The highest BCUT2D eigenvalue weighted by Crippen LogP contribution is 2.51. The predicted octanol–water partition coefficient (Wildman–Crippen LogP) is 3.13. The Morgan fingerprint density at radius 3 is 2.83 bits per heavy atom. The minimum Gasteiger partial charge on any atom is -0.275 e. The molecule has 0 N–H and O–H groups in total. The molecule has 5 heteroatoms. The minimum absolute atomic E-state index is 0.144. The van der Waals surface area contributed by atoms with Gasteiger partial charge in [-0.15, -0.1) is 0 Å². The first kappa shape index (κ1) is 15.2. The van der Waals surface area contributed by atoms with Gasteiger partial charge in [0, 0.05) is 42.4 Å². The Labute approximate surface area is 142 Å². The van der Waals surface area contributed by atoms with Gasteiger partial charge in [0.15, 0.2) is 0 Å². The first-order valence-electron chi connectivity index (χ1n) is 8.61. The van der Waals surface area contributed by atoms with Crippen LogP contribution in [0.15, 0.2) is 24.0 Å². The summed E-state index contributed by atoms with van der Waals surface area (Å²) >= 11 is 0. The number of nitrogens with zero attached hydrogens (tertiary/aromatic N) is 5. The Hall–Kier alpha value is -2.35. The second kappa shape index (κ2) is 5.07. The van der Waals surface area contributed by atoms with E-state index < -0.39 is 0 Å². The molecule has 5 nitrogen and oxygen atoms in total. The monoisotopic (exact) mass is 321 g/mol. The van der Waals surface area contributed by atoms with Gasteiger partial charge >= 0.3 is 0 Å². The Kier molecular flexibility index (Phi) is 3.21. The zero-order valence-corrected chi connectivity index (χ0v) is 14.7. The van der Waals surface area contributed by atoms with Gasteiger partial charge < -0.3 is 0 Å². The highest BCUT2D eigenvalue weighted by atomic mass is 15.3. The third-order valence-corrected chi connectivity index (χ3v) is 5.96. The molecule has 2 aromatic rings. The molecule has 0 saturated heterocycles. The lowest BCUT2D eigenvalue weighted by atomic mass is 9.58. The summed E-state index contributed by atoms with van der Waals surface area (Å²) in [7, 11) is 3.95. The van der Waals surface area contributed by atoms with Crippen molar-refractivity contribution in [3.8, 4) is 17.3 Å². The van der Waals surface area contributed by atoms with Crippen LogP contribution in [0.4, 0.5) is 0 Å². The zero-order valence-electron chi connectivity index (χ0n) is 14.7. The molecular formula is C19H23N5. The first-order valence-corrected chi connectivity index (χ1v) is 8.61. The van der Waals surface area contributed by atoms with Gasteiger partial charge in [0.2, 0.25) is 0 Å². The molecule has 0 spiro atoms. The van der Waals surface area contributed by atoms with Gasteiger partial charge in [-0.1, -0.05) is 19.9 Å². The quantitative estimate of drug-likeness (QED) is 0.811.